The van der Waals surface area contributed by atoms with Crippen LogP contribution in [0.5, 0.6) is 0 Å². The van der Waals surface area contributed by atoms with E-state index in [0.29, 0.717) is 0 Å². The van der Waals surface area contributed by atoms with Crippen molar-refractivity contribution in [2.75, 3.05) is 13.2 Å². The van der Waals surface area contributed by atoms with Gasteiger partial charge in [-0.1, -0.05) is 56.2 Å². The summed E-state index contributed by atoms with van der Waals surface area (Å²) < 4.78 is 11.5. The molecule has 0 N–H and O–H groups in total. The number of hydrogen-bond donors (Lipinski definition) is 0. The fourth-order valence-corrected chi connectivity index (χ4v) is 2.30. The number of ether oxygens (including phenoxy) is 2. The highest BCUT2D eigenvalue weighted by Gasteiger charge is 2.18. The Morgan fingerprint density at radius 3 is 2.58 bits per heavy atom. The van der Waals surface area contributed by atoms with E-state index < -0.39 is 0 Å². The van der Waals surface area contributed by atoms with Crippen molar-refractivity contribution in [2.24, 2.45) is 0 Å². The third-order valence-electron chi connectivity index (χ3n) is 3.35. The number of rotatable bonds is 6. The molecule has 0 spiro atoms. The Balaban J connectivity index is 2.06. The second-order valence-electron chi connectivity index (χ2n) is 5.01. The second-order valence-corrected chi connectivity index (χ2v) is 5.01. The van der Waals surface area contributed by atoms with Crippen LogP contribution in [0.4, 0.5) is 0 Å². The molecule has 1 fully saturated rings. The Kier molecular flexibility index (Phi) is 6.12. The summed E-state index contributed by atoms with van der Waals surface area (Å²) in [5.41, 5.74) is 2.51. The first-order valence-corrected chi connectivity index (χ1v) is 7.39. The van der Waals surface area contributed by atoms with Crippen molar-refractivity contribution in [1.29, 1.82) is 0 Å². The SMILES string of the molecule is CCCCC/C(=C\c1ccccc1)C1OCCCO1. The Hall–Kier alpha value is -1.12. The van der Waals surface area contributed by atoms with Gasteiger partial charge in [-0.2, -0.15) is 0 Å². The van der Waals surface area contributed by atoms with Gasteiger partial charge in [-0.15, -0.1) is 0 Å². The third-order valence-corrected chi connectivity index (χ3v) is 3.35. The molecule has 0 aromatic heterocycles. The van der Waals surface area contributed by atoms with E-state index in [1.165, 1.54) is 30.4 Å². The smallest absolute Gasteiger partial charge is 0.180 e. The zero-order valence-electron chi connectivity index (χ0n) is 11.8. The van der Waals surface area contributed by atoms with Gasteiger partial charge < -0.3 is 9.47 Å². The van der Waals surface area contributed by atoms with Crippen molar-refractivity contribution >= 4 is 6.08 Å². The summed E-state index contributed by atoms with van der Waals surface area (Å²) in [7, 11) is 0. The van der Waals surface area contributed by atoms with Crippen molar-refractivity contribution in [1.82, 2.24) is 0 Å². The van der Waals surface area contributed by atoms with E-state index >= 15 is 0 Å². The Bertz CT molecular complexity index is 378. The lowest BCUT2D eigenvalue weighted by molar-refractivity contribution is -0.157. The first-order chi connectivity index (χ1) is 9.40. The third kappa shape index (κ3) is 4.81. The van der Waals surface area contributed by atoms with E-state index in [1.807, 2.05) is 6.07 Å². The van der Waals surface area contributed by atoms with Crippen molar-refractivity contribution in [3.63, 3.8) is 0 Å². The molecule has 1 heterocycles. The summed E-state index contributed by atoms with van der Waals surface area (Å²) in [5, 5.41) is 0. The van der Waals surface area contributed by atoms with Crippen molar-refractivity contribution in [3.05, 3.63) is 41.5 Å². The van der Waals surface area contributed by atoms with Gasteiger partial charge >= 0.3 is 0 Å². The molecule has 1 aliphatic heterocycles. The Morgan fingerprint density at radius 1 is 1.16 bits per heavy atom. The average Bonchev–Trinajstić information content (AvgIpc) is 2.48. The molecule has 0 bridgehead atoms. The second kappa shape index (κ2) is 8.13. The molecule has 1 saturated heterocycles. The summed E-state index contributed by atoms with van der Waals surface area (Å²) >= 11 is 0. The topological polar surface area (TPSA) is 18.5 Å². The molecule has 2 heteroatoms. The first kappa shape index (κ1) is 14.3. The standard InChI is InChI=1S/C17H24O2/c1-2-3-5-11-16(17-18-12-8-13-19-17)14-15-9-6-4-7-10-15/h4,6-7,9-10,14,17H,2-3,5,8,11-13H2,1H3/b16-14+. The quantitative estimate of drug-likeness (QED) is 0.705. The van der Waals surface area contributed by atoms with Gasteiger partial charge in [-0.05, 0) is 30.4 Å². The molecule has 1 aromatic carbocycles. The molecule has 0 radical (unpaired) electrons. The van der Waals surface area contributed by atoms with Gasteiger partial charge in [0.15, 0.2) is 6.29 Å². The largest absolute Gasteiger partial charge is 0.349 e. The minimum Gasteiger partial charge on any atom is -0.349 e. The fourth-order valence-electron chi connectivity index (χ4n) is 2.30. The minimum absolute atomic E-state index is 0.134. The Labute approximate surface area is 116 Å². The van der Waals surface area contributed by atoms with Gasteiger partial charge in [-0.3, -0.25) is 0 Å². The summed E-state index contributed by atoms with van der Waals surface area (Å²) in [6.45, 7) is 3.85. The van der Waals surface area contributed by atoms with Crippen LogP contribution >= 0.6 is 0 Å². The van der Waals surface area contributed by atoms with Crippen LogP contribution in [0.3, 0.4) is 0 Å². The summed E-state index contributed by atoms with van der Waals surface area (Å²) in [5.74, 6) is 0. The van der Waals surface area contributed by atoms with E-state index in [9.17, 15) is 0 Å². The highest BCUT2D eigenvalue weighted by molar-refractivity contribution is 5.53. The number of unbranched alkanes of at least 4 members (excludes halogenated alkanes) is 2. The predicted molar refractivity (Wildman–Crippen MR) is 78.9 cm³/mol. The van der Waals surface area contributed by atoms with Crippen LogP contribution in [0, 0.1) is 0 Å². The molecule has 0 unspecified atom stereocenters. The normalized spacial score (nSPS) is 17.6. The number of benzene rings is 1. The number of hydrogen-bond acceptors (Lipinski definition) is 2. The monoisotopic (exact) mass is 260 g/mol. The molecule has 0 aliphatic carbocycles. The molecular weight excluding hydrogens is 236 g/mol. The fraction of sp³-hybridized carbons (Fsp3) is 0.529. The van der Waals surface area contributed by atoms with Gasteiger partial charge in [0.05, 0.1) is 13.2 Å². The lowest BCUT2D eigenvalue weighted by atomic mass is 10.0. The van der Waals surface area contributed by atoms with Gasteiger partial charge in [0.1, 0.15) is 0 Å². The highest BCUT2D eigenvalue weighted by atomic mass is 16.7. The van der Waals surface area contributed by atoms with Crippen LogP contribution in [0.2, 0.25) is 0 Å². The van der Waals surface area contributed by atoms with E-state index in [0.717, 1.165) is 26.1 Å². The summed E-state index contributed by atoms with van der Waals surface area (Å²) in [6, 6.07) is 10.4. The van der Waals surface area contributed by atoms with Crippen LogP contribution < -0.4 is 0 Å². The molecule has 0 atom stereocenters. The van der Waals surface area contributed by atoms with Crippen LogP contribution in [-0.4, -0.2) is 19.5 Å². The van der Waals surface area contributed by atoms with Gasteiger partial charge in [-0.25, -0.2) is 0 Å². The minimum atomic E-state index is -0.134. The average molecular weight is 260 g/mol. The maximum absolute atomic E-state index is 5.75. The highest BCUT2D eigenvalue weighted by Crippen LogP contribution is 2.22. The first-order valence-electron chi connectivity index (χ1n) is 7.39. The molecule has 2 nitrogen and oxygen atoms in total. The molecule has 19 heavy (non-hydrogen) atoms. The molecule has 1 aliphatic rings. The van der Waals surface area contributed by atoms with Crippen LogP contribution in [0.15, 0.2) is 35.9 Å². The maximum atomic E-state index is 5.75. The zero-order valence-corrected chi connectivity index (χ0v) is 11.8. The van der Waals surface area contributed by atoms with Crippen LogP contribution in [0.25, 0.3) is 6.08 Å². The molecule has 104 valence electrons. The maximum Gasteiger partial charge on any atom is 0.180 e. The molecule has 0 saturated carbocycles. The molecule has 2 rings (SSSR count). The predicted octanol–water partition coefficient (Wildman–Crippen LogP) is 4.41. The van der Waals surface area contributed by atoms with E-state index in [4.69, 9.17) is 9.47 Å². The zero-order chi connectivity index (χ0) is 13.3. The van der Waals surface area contributed by atoms with E-state index in [1.54, 1.807) is 0 Å². The van der Waals surface area contributed by atoms with Crippen LogP contribution in [-0.2, 0) is 9.47 Å². The van der Waals surface area contributed by atoms with Crippen molar-refractivity contribution in [3.8, 4) is 0 Å². The molecule has 0 amide bonds. The lowest BCUT2D eigenvalue weighted by Gasteiger charge is -2.26. The van der Waals surface area contributed by atoms with Crippen LogP contribution in [0.1, 0.15) is 44.6 Å². The van der Waals surface area contributed by atoms with Gasteiger partial charge in [0.25, 0.3) is 0 Å². The Morgan fingerprint density at radius 2 is 1.89 bits per heavy atom. The summed E-state index contributed by atoms with van der Waals surface area (Å²) in [4.78, 5) is 0. The molecular formula is C17H24O2. The van der Waals surface area contributed by atoms with Crippen molar-refractivity contribution in [2.45, 2.75) is 45.3 Å². The van der Waals surface area contributed by atoms with E-state index in [-0.39, 0.29) is 6.29 Å². The molecule has 1 aromatic rings. The lowest BCUT2D eigenvalue weighted by Crippen LogP contribution is -2.26. The van der Waals surface area contributed by atoms with Crippen molar-refractivity contribution < 1.29 is 9.47 Å². The van der Waals surface area contributed by atoms with E-state index in [2.05, 4.69) is 37.3 Å². The van der Waals surface area contributed by atoms with Gasteiger partial charge in [0.2, 0.25) is 0 Å². The van der Waals surface area contributed by atoms with Gasteiger partial charge in [0, 0.05) is 0 Å². The summed E-state index contributed by atoms with van der Waals surface area (Å²) in [6.07, 6.45) is 7.87.